The van der Waals surface area contributed by atoms with E-state index in [1.54, 1.807) is 0 Å². The number of aryl methyl sites for hydroxylation is 1. The van der Waals surface area contributed by atoms with Crippen molar-refractivity contribution >= 4 is 0 Å². The Morgan fingerprint density at radius 1 is 1.09 bits per heavy atom. The summed E-state index contributed by atoms with van der Waals surface area (Å²) >= 11 is 0. The van der Waals surface area contributed by atoms with Gasteiger partial charge in [-0.3, -0.25) is 4.68 Å². The topological polar surface area (TPSA) is 126 Å². The van der Waals surface area contributed by atoms with Crippen LogP contribution in [0.4, 0.5) is 0 Å². The molecule has 4 N–H and O–H groups in total. The van der Waals surface area contributed by atoms with Crippen molar-refractivity contribution in [3.8, 4) is 11.6 Å². The van der Waals surface area contributed by atoms with Gasteiger partial charge in [0.15, 0.2) is 0 Å². The van der Waals surface area contributed by atoms with Crippen LogP contribution in [-0.2, 0) is 17.7 Å². The van der Waals surface area contributed by atoms with E-state index in [9.17, 15) is 20.4 Å². The van der Waals surface area contributed by atoms with E-state index in [0.717, 1.165) is 35.4 Å². The highest BCUT2D eigenvalue weighted by Gasteiger charge is 2.45. The molecule has 5 atom stereocenters. The first-order chi connectivity index (χ1) is 15.7. The summed E-state index contributed by atoms with van der Waals surface area (Å²) in [7, 11) is 0. The van der Waals surface area contributed by atoms with E-state index in [0.29, 0.717) is 13.0 Å². The first-order valence-corrected chi connectivity index (χ1v) is 11.5. The highest BCUT2D eigenvalue weighted by Crippen LogP contribution is 2.30. The van der Waals surface area contributed by atoms with Gasteiger partial charge in [-0.2, -0.15) is 0 Å². The average Bonchev–Trinajstić information content (AvgIpc) is 3.07. The van der Waals surface area contributed by atoms with Gasteiger partial charge in [0, 0.05) is 24.2 Å². The maximum absolute atomic E-state index is 10.4. The lowest BCUT2D eigenvalue weighted by Crippen LogP contribution is -2.60. The van der Waals surface area contributed by atoms with Gasteiger partial charge in [-0.1, -0.05) is 25.5 Å². The molecule has 0 unspecified atom stereocenters. The van der Waals surface area contributed by atoms with Gasteiger partial charge in [0.1, 0.15) is 30.2 Å². The minimum absolute atomic E-state index is 0.0911. The lowest BCUT2D eigenvalue weighted by Gasteiger charge is -2.39. The monoisotopic (exact) mass is 464 g/mol. The summed E-state index contributed by atoms with van der Waals surface area (Å²) in [6.45, 7) is 8.22. The predicted octanol–water partition coefficient (Wildman–Crippen LogP) is 1.55. The van der Waals surface area contributed by atoms with E-state index in [4.69, 9.17) is 14.2 Å². The van der Waals surface area contributed by atoms with Gasteiger partial charge >= 0.3 is 0 Å². The summed E-state index contributed by atoms with van der Waals surface area (Å²) in [5.74, 6) is 1.08. The highest BCUT2D eigenvalue weighted by atomic mass is 16.7. The summed E-state index contributed by atoms with van der Waals surface area (Å²) in [5.41, 5.74) is 2.80. The minimum Gasteiger partial charge on any atom is -0.491 e. The lowest BCUT2D eigenvalue weighted by atomic mass is 9.99. The number of nitrogens with zero attached hydrogens (tertiary/aromatic N) is 2. The standard InChI is InChI=1S/C24H36N2O7/c1-5-6-11-26-15(4)18(12-16-7-9-17(10-8-16)31-14(2)3)23(25-26)33-24-22(30)21(29)20(28)19(13-27)32-24/h7-10,14,19-22,24,27-30H,5-6,11-13H2,1-4H3/t19-,20-,21+,22-,24+/m1/s1. The molecule has 1 aromatic carbocycles. The Morgan fingerprint density at radius 2 is 1.79 bits per heavy atom. The number of ether oxygens (including phenoxy) is 3. The molecule has 2 aromatic rings. The summed E-state index contributed by atoms with van der Waals surface area (Å²) in [5, 5.41) is 44.6. The fourth-order valence-electron chi connectivity index (χ4n) is 3.82. The van der Waals surface area contributed by atoms with Crippen LogP contribution >= 0.6 is 0 Å². The Labute approximate surface area is 194 Å². The predicted molar refractivity (Wildman–Crippen MR) is 121 cm³/mol. The second-order valence-corrected chi connectivity index (χ2v) is 8.75. The molecule has 0 saturated carbocycles. The van der Waals surface area contributed by atoms with Crippen molar-refractivity contribution in [2.24, 2.45) is 0 Å². The Hall–Kier alpha value is -2.17. The molecule has 1 aromatic heterocycles. The number of aromatic nitrogens is 2. The van der Waals surface area contributed by atoms with Crippen molar-refractivity contribution in [3.63, 3.8) is 0 Å². The molecule has 9 heteroatoms. The zero-order chi connectivity index (χ0) is 24.1. The molecule has 9 nitrogen and oxygen atoms in total. The largest absolute Gasteiger partial charge is 0.491 e. The number of aliphatic hydroxyl groups excluding tert-OH is 4. The number of hydrogen-bond donors (Lipinski definition) is 4. The van der Waals surface area contributed by atoms with Crippen molar-refractivity contribution < 1.29 is 34.6 Å². The van der Waals surface area contributed by atoms with E-state index in [-0.39, 0.29) is 12.0 Å². The van der Waals surface area contributed by atoms with Gasteiger partial charge in [0.2, 0.25) is 12.2 Å². The van der Waals surface area contributed by atoms with Crippen LogP contribution in [0.3, 0.4) is 0 Å². The van der Waals surface area contributed by atoms with E-state index in [1.165, 1.54) is 0 Å². The number of hydrogen-bond acceptors (Lipinski definition) is 8. The van der Waals surface area contributed by atoms with Crippen molar-refractivity contribution in [1.29, 1.82) is 0 Å². The van der Waals surface area contributed by atoms with Crippen molar-refractivity contribution in [2.45, 2.75) is 90.3 Å². The van der Waals surface area contributed by atoms with Crippen LogP contribution in [0.1, 0.15) is 50.4 Å². The van der Waals surface area contributed by atoms with Crippen LogP contribution in [0.25, 0.3) is 0 Å². The molecule has 2 heterocycles. The Bertz CT molecular complexity index is 882. The van der Waals surface area contributed by atoms with E-state index in [1.807, 2.05) is 49.7 Å². The zero-order valence-corrected chi connectivity index (χ0v) is 19.7. The van der Waals surface area contributed by atoms with E-state index >= 15 is 0 Å². The highest BCUT2D eigenvalue weighted by molar-refractivity contribution is 5.38. The first-order valence-electron chi connectivity index (χ1n) is 11.5. The zero-order valence-electron chi connectivity index (χ0n) is 19.7. The second kappa shape index (κ2) is 11.3. The molecular weight excluding hydrogens is 428 g/mol. The number of aliphatic hydroxyl groups is 4. The Morgan fingerprint density at radius 3 is 2.39 bits per heavy atom. The van der Waals surface area contributed by atoms with Crippen LogP contribution in [0.2, 0.25) is 0 Å². The number of benzene rings is 1. The molecule has 1 aliphatic rings. The molecule has 0 bridgehead atoms. The maximum atomic E-state index is 10.4. The van der Waals surface area contributed by atoms with Crippen molar-refractivity contribution in [3.05, 3.63) is 41.1 Å². The van der Waals surface area contributed by atoms with Crippen LogP contribution < -0.4 is 9.47 Å². The lowest BCUT2D eigenvalue weighted by molar-refractivity contribution is -0.278. The Balaban J connectivity index is 1.86. The molecule has 0 aliphatic carbocycles. The average molecular weight is 465 g/mol. The minimum atomic E-state index is -1.51. The maximum Gasteiger partial charge on any atom is 0.239 e. The molecule has 1 aliphatic heterocycles. The SMILES string of the molecule is CCCCn1nc(O[C@@H]2O[C@H](CO)[C@@H](O)[C@H](O)[C@H]2O)c(Cc2ccc(OC(C)C)cc2)c1C. The number of rotatable bonds is 10. The molecule has 1 fully saturated rings. The van der Waals surface area contributed by atoms with Gasteiger partial charge in [-0.05, 0) is 44.9 Å². The summed E-state index contributed by atoms with van der Waals surface area (Å²) in [6.07, 6.45) is -4.20. The quantitative estimate of drug-likeness (QED) is 0.417. The third-order valence-corrected chi connectivity index (χ3v) is 5.77. The van der Waals surface area contributed by atoms with Gasteiger partial charge in [0.25, 0.3) is 0 Å². The summed E-state index contributed by atoms with van der Waals surface area (Å²) < 4.78 is 19.0. The fourth-order valence-corrected chi connectivity index (χ4v) is 3.82. The molecule has 0 radical (unpaired) electrons. The van der Waals surface area contributed by atoms with E-state index < -0.39 is 37.3 Å². The van der Waals surface area contributed by atoms with Crippen molar-refractivity contribution in [1.82, 2.24) is 9.78 Å². The molecule has 184 valence electrons. The summed E-state index contributed by atoms with van der Waals surface area (Å²) in [6, 6.07) is 7.81. The normalized spacial score (nSPS) is 25.4. The smallest absolute Gasteiger partial charge is 0.239 e. The van der Waals surface area contributed by atoms with Crippen LogP contribution in [0.15, 0.2) is 24.3 Å². The number of unbranched alkanes of at least 4 members (excludes halogenated alkanes) is 1. The second-order valence-electron chi connectivity index (χ2n) is 8.75. The molecule has 3 rings (SSSR count). The van der Waals surface area contributed by atoms with Gasteiger partial charge < -0.3 is 34.6 Å². The van der Waals surface area contributed by atoms with Gasteiger partial charge in [-0.15, -0.1) is 5.10 Å². The van der Waals surface area contributed by atoms with Crippen LogP contribution in [-0.4, -0.2) is 73.6 Å². The van der Waals surface area contributed by atoms with Crippen LogP contribution in [0, 0.1) is 6.92 Å². The fraction of sp³-hybridized carbons (Fsp3) is 0.625. The summed E-state index contributed by atoms with van der Waals surface area (Å²) in [4.78, 5) is 0. The first kappa shape index (κ1) is 25.5. The van der Waals surface area contributed by atoms with Crippen LogP contribution in [0.5, 0.6) is 11.6 Å². The third-order valence-electron chi connectivity index (χ3n) is 5.77. The molecule has 1 saturated heterocycles. The molecule has 0 spiro atoms. The van der Waals surface area contributed by atoms with Gasteiger partial charge in [0.05, 0.1) is 12.7 Å². The molecular formula is C24H36N2O7. The third kappa shape index (κ3) is 6.04. The molecule has 0 amide bonds. The van der Waals surface area contributed by atoms with Gasteiger partial charge in [-0.25, -0.2) is 0 Å². The van der Waals surface area contributed by atoms with E-state index in [2.05, 4.69) is 12.0 Å². The molecule has 33 heavy (non-hydrogen) atoms. The Kier molecular flexibility index (Phi) is 8.72. The van der Waals surface area contributed by atoms with Crippen molar-refractivity contribution in [2.75, 3.05) is 6.61 Å².